The van der Waals surface area contributed by atoms with Crippen LogP contribution in [0.5, 0.6) is 6.08 Å². The highest BCUT2D eigenvalue weighted by Gasteiger charge is 2.06. The lowest BCUT2D eigenvalue weighted by Gasteiger charge is -1.96. The second-order valence-corrected chi connectivity index (χ2v) is 2.36. The number of nitrogens with zero attached hydrogens (tertiary/aromatic N) is 2. The quantitative estimate of drug-likeness (QED) is 0.666. The second-order valence-electron chi connectivity index (χ2n) is 2.36. The summed E-state index contributed by atoms with van der Waals surface area (Å²) in [5.74, 6) is 0.580. The summed E-state index contributed by atoms with van der Waals surface area (Å²) in [6.07, 6.45) is 0.785. The molecule has 1 aromatic heterocycles. The third kappa shape index (κ3) is 2.19. The number of hydrogen-bond donors (Lipinski definition) is 1. The standard InChI is InChI=1S/C6H11N3O2/c1-4(7)3-5-8-6(10-2)11-9-5/h4H,3,7H2,1-2H3. The molecule has 11 heavy (non-hydrogen) atoms. The van der Waals surface area contributed by atoms with E-state index in [0.717, 1.165) is 0 Å². The topological polar surface area (TPSA) is 74.2 Å². The molecule has 1 atom stereocenters. The average molecular weight is 157 g/mol. The summed E-state index contributed by atoms with van der Waals surface area (Å²) in [7, 11) is 1.48. The van der Waals surface area contributed by atoms with Crippen molar-refractivity contribution in [2.75, 3.05) is 7.11 Å². The van der Waals surface area contributed by atoms with Gasteiger partial charge < -0.3 is 10.5 Å². The van der Waals surface area contributed by atoms with Gasteiger partial charge in [-0.1, -0.05) is 5.16 Å². The van der Waals surface area contributed by atoms with E-state index in [0.29, 0.717) is 12.2 Å². The van der Waals surface area contributed by atoms with E-state index in [1.807, 2.05) is 6.92 Å². The highest BCUT2D eigenvalue weighted by Crippen LogP contribution is 2.05. The number of methoxy groups -OCH3 is 1. The summed E-state index contributed by atoms with van der Waals surface area (Å²) in [6.45, 7) is 1.88. The Morgan fingerprint density at radius 2 is 2.45 bits per heavy atom. The first-order valence-electron chi connectivity index (χ1n) is 3.34. The molecule has 0 fully saturated rings. The molecule has 0 aliphatic carbocycles. The predicted molar refractivity (Wildman–Crippen MR) is 38.2 cm³/mol. The largest absolute Gasteiger partial charge is 0.452 e. The van der Waals surface area contributed by atoms with Crippen molar-refractivity contribution < 1.29 is 9.26 Å². The van der Waals surface area contributed by atoms with Crippen LogP contribution < -0.4 is 10.5 Å². The summed E-state index contributed by atoms with van der Waals surface area (Å²) in [5.41, 5.74) is 5.51. The van der Waals surface area contributed by atoms with E-state index in [4.69, 9.17) is 10.5 Å². The van der Waals surface area contributed by atoms with Gasteiger partial charge in [-0.25, -0.2) is 0 Å². The van der Waals surface area contributed by atoms with E-state index in [2.05, 4.69) is 14.7 Å². The van der Waals surface area contributed by atoms with E-state index >= 15 is 0 Å². The Morgan fingerprint density at radius 1 is 1.73 bits per heavy atom. The van der Waals surface area contributed by atoms with Gasteiger partial charge in [0.25, 0.3) is 0 Å². The van der Waals surface area contributed by atoms with Gasteiger partial charge in [0.2, 0.25) is 0 Å². The van der Waals surface area contributed by atoms with Crippen molar-refractivity contribution >= 4 is 0 Å². The SMILES string of the molecule is COc1nc(CC(C)N)no1. The average Bonchev–Trinajstić information content (AvgIpc) is 2.34. The maximum absolute atomic E-state index is 5.51. The first kappa shape index (κ1) is 8.00. The molecule has 0 radical (unpaired) electrons. The number of ether oxygens (including phenoxy) is 1. The molecular weight excluding hydrogens is 146 g/mol. The van der Waals surface area contributed by atoms with E-state index in [1.54, 1.807) is 0 Å². The maximum Gasteiger partial charge on any atom is 0.417 e. The van der Waals surface area contributed by atoms with E-state index in [-0.39, 0.29) is 12.1 Å². The molecule has 1 rings (SSSR count). The highest BCUT2D eigenvalue weighted by atomic mass is 16.6. The molecule has 0 saturated heterocycles. The molecular formula is C6H11N3O2. The lowest BCUT2D eigenvalue weighted by Crippen LogP contribution is -2.18. The molecule has 5 heteroatoms. The minimum Gasteiger partial charge on any atom is -0.452 e. The molecule has 2 N–H and O–H groups in total. The molecule has 0 aromatic carbocycles. The van der Waals surface area contributed by atoms with Gasteiger partial charge in [-0.3, -0.25) is 4.52 Å². The molecule has 0 bridgehead atoms. The van der Waals surface area contributed by atoms with Crippen LogP contribution in [0.2, 0.25) is 0 Å². The summed E-state index contributed by atoms with van der Waals surface area (Å²) >= 11 is 0. The fourth-order valence-corrected chi connectivity index (χ4v) is 0.692. The van der Waals surface area contributed by atoms with Crippen molar-refractivity contribution in [3.8, 4) is 6.08 Å². The third-order valence-corrected chi connectivity index (χ3v) is 1.13. The highest BCUT2D eigenvalue weighted by molar-refractivity contribution is 4.91. The van der Waals surface area contributed by atoms with Crippen LogP contribution in [0.3, 0.4) is 0 Å². The van der Waals surface area contributed by atoms with Gasteiger partial charge >= 0.3 is 6.08 Å². The van der Waals surface area contributed by atoms with E-state index < -0.39 is 0 Å². The zero-order chi connectivity index (χ0) is 8.27. The minimum atomic E-state index is 0.0392. The summed E-state index contributed by atoms with van der Waals surface area (Å²) in [4.78, 5) is 3.89. The fraction of sp³-hybridized carbons (Fsp3) is 0.667. The Labute approximate surface area is 64.5 Å². The van der Waals surface area contributed by atoms with Crippen LogP contribution in [0.4, 0.5) is 0 Å². The molecule has 1 unspecified atom stereocenters. The lowest BCUT2D eigenvalue weighted by molar-refractivity contribution is 0.249. The Bertz CT molecular complexity index is 221. The summed E-state index contributed by atoms with van der Waals surface area (Å²) < 4.78 is 9.37. The number of rotatable bonds is 3. The Hall–Kier alpha value is -1.10. The Morgan fingerprint density at radius 3 is 2.91 bits per heavy atom. The van der Waals surface area contributed by atoms with Crippen LogP contribution in [0.1, 0.15) is 12.7 Å². The van der Waals surface area contributed by atoms with Crippen LogP contribution in [0.15, 0.2) is 4.52 Å². The van der Waals surface area contributed by atoms with Gasteiger partial charge in [-0.15, -0.1) is 0 Å². The van der Waals surface area contributed by atoms with Crippen LogP contribution in [0, 0.1) is 0 Å². The second kappa shape index (κ2) is 3.34. The van der Waals surface area contributed by atoms with Crippen LogP contribution in [-0.2, 0) is 6.42 Å². The molecule has 62 valence electrons. The van der Waals surface area contributed by atoms with Crippen LogP contribution >= 0.6 is 0 Å². The van der Waals surface area contributed by atoms with Crippen molar-refractivity contribution in [2.24, 2.45) is 5.73 Å². The molecule has 0 saturated carbocycles. The zero-order valence-corrected chi connectivity index (χ0v) is 6.57. The molecule has 0 aliphatic heterocycles. The summed E-state index contributed by atoms with van der Waals surface area (Å²) in [6, 6.07) is 0.0392. The zero-order valence-electron chi connectivity index (χ0n) is 6.57. The number of hydrogen-bond acceptors (Lipinski definition) is 5. The minimum absolute atomic E-state index is 0.0392. The van der Waals surface area contributed by atoms with Crippen LogP contribution in [-0.4, -0.2) is 23.3 Å². The van der Waals surface area contributed by atoms with Crippen molar-refractivity contribution in [3.63, 3.8) is 0 Å². The van der Waals surface area contributed by atoms with Crippen molar-refractivity contribution in [1.82, 2.24) is 10.1 Å². The lowest BCUT2D eigenvalue weighted by atomic mass is 10.2. The normalized spacial score (nSPS) is 13.0. The molecule has 5 nitrogen and oxygen atoms in total. The Kier molecular flexibility index (Phi) is 2.43. The predicted octanol–water partition coefficient (Wildman–Crippen LogP) is -0.0321. The number of nitrogens with two attached hydrogens (primary N) is 1. The van der Waals surface area contributed by atoms with Gasteiger partial charge in [0, 0.05) is 12.5 Å². The molecule has 0 spiro atoms. The Balaban J connectivity index is 2.58. The van der Waals surface area contributed by atoms with Gasteiger partial charge in [-0.2, -0.15) is 4.98 Å². The first-order chi connectivity index (χ1) is 5.22. The van der Waals surface area contributed by atoms with Gasteiger partial charge in [0.1, 0.15) is 0 Å². The molecule has 1 aromatic rings. The number of aromatic nitrogens is 2. The molecule has 1 heterocycles. The van der Waals surface area contributed by atoms with E-state index in [9.17, 15) is 0 Å². The smallest absolute Gasteiger partial charge is 0.417 e. The van der Waals surface area contributed by atoms with Crippen molar-refractivity contribution in [3.05, 3.63) is 5.82 Å². The van der Waals surface area contributed by atoms with Gasteiger partial charge in [-0.05, 0) is 6.92 Å². The van der Waals surface area contributed by atoms with Crippen LogP contribution in [0.25, 0.3) is 0 Å². The van der Waals surface area contributed by atoms with Gasteiger partial charge in [0.05, 0.1) is 7.11 Å². The maximum atomic E-state index is 5.51. The third-order valence-electron chi connectivity index (χ3n) is 1.13. The van der Waals surface area contributed by atoms with Crippen molar-refractivity contribution in [2.45, 2.75) is 19.4 Å². The fourth-order valence-electron chi connectivity index (χ4n) is 0.692. The monoisotopic (exact) mass is 157 g/mol. The first-order valence-corrected chi connectivity index (χ1v) is 3.34. The molecule has 0 aliphatic rings. The van der Waals surface area contributed by atoms with Crippen molar-refractivity contribution in [1.29, 1.82) is 0 Å². The van der Waals surface area contributed by atoms with E-state index in [1.165, 1.54) is 7.11 Å². The summed E-state index contributed by atoms with van der Waals surface area (Å²) in [5, 5.41) is 3.64. The van der Waals surface area contributed by atoms with Gasteiger partial charge in [0.15, 0.2) is 5.82 Å². The molecule has 0 amide bonds.